The molecule has 2 aromatic carbocycles. The van der Waals surface area contributed by atoms with Gasteiger partial charge in [0.25, 0.3) is 0 Å². The first-order valence-electron chi connectivity index (χ1n) is 37.8. The van der Waals surface area contributed by atoms with Crippen LogP contribution in [0.2, 0.25) is 5.82 Å². The van der Waals surface area contributed by atoms with E-state index in [0.29, 0.717) is 210 Å². The van der Waals surface area contributed by atoms with Gasteiger partial charge >= 0.3 is 0 Å². The van der Waals surface area contributed by atoms with Crippen molar-refractivity contribution in [2.45, 2.75) is 43.8 Å². The molecule has 66 heteroatoms. The predicted octanol–water partition coefficient (Wildman–Crippen LogP) is -37.8. The SMILES string of the molecule is BBB(B)B(B(B)B)B(B(B(B)B)B(B)B)B(B(B(B(B)B)B(B)B)B(B(B)B)B(BB)B(B)B)B(B(B(B(B)B)B(B)B)B(B(B)B)B(B)B)B(B(B(BB)B(B)B)B(B(B)B)B(B)B)C1CCC(c2ccc(Cc3ccccc3)cc2)CC1. The van der Waals surface area contributed by atoms with Crippen LogP contribution in [0.25, 0.3) is 0 Å². The lowest BCUT2D eigenvalue weighted by molar-refractivity contribution is 0.442. The van der Waals surface area contributed by atoms with Gasteiger partial charge in [-0.1, -0.05) is 73.3 Å². The van der Waals surface area contributed by atoms with Crippen molar-refractivity contribution in [2.75, 3.05) is 0 Å². The van der Waals surface area contributed by atoms with E-state index in [-0.39, 0.29) is 0 Å². The Balaban J connectivity index is 3.09. The first kappa shape index (κ1) is 82.0. The van der Waals surface area contributed by atoms with E-state index in [2.05, 4.69) is 302 Å². The molecule has 3 rings (SSSR count). The average Bonchev–Trinajstić information content (AvgIpc) is 0.857. The summed E-state index contributed by atoms with van der Waals surface area (Å²) in [7, 11) is 90.6. The Hall–Kier alpha value is 2.73. The fraction of sp³-hybridized carbons (Fsp3) is 0.368. The van der Waals surface area contributed by atoms with E-state index < -0.39 is 0 Å². The summed E-state index contributed by atoms with van der Waals surface area (Å²) in [5.74, 6) is 1.30. The van der Waals surface area contributed by atoms with Crippen LogP contribution >= 0.6 is 0 Å². The van der Waals surface area contributed by atoms with Gasteiger partial charge in [0.05, 0.1) is 248 Å². The summed E-state index contributed by atoms with van der Waals surface area (Å²) in [5, 5.41) is 0. The van der Waals surface area contributed by atoms with Crippen molar-refractivity contribution in [3.8, 4) is 0 Å². The van der Waals surface area contributed by atoms with Gasteiger partial charge in [0.2, 0.25) is 0 Å². The van der Waals surface area contributed by atoms with Gasteiger partial charge in [-0.3, -0.25) is 0 Å². The highest BCUT2D eigenvalue weighted by molar-refractivity contribution is 8.37. The van der Waals surface area contributed by atoms with E-state index in [1.807, 2.05) is 0 Å². The maximum absolute atomic E-state index is 2.77. The van der Waals surface area contributed by atoms with Crippen LogP contribution in [0.4, 0.5) is 0 Å². The number of benzene rings is 2. The zero-order valence-electron chi connectivity index (χ0n) is 63.4. The first-order chi connectivity index (χ1) is 39.7. The minimum absolute atomic E-state index is 0.572. The van der Waals surface area contributed by atoms with Crippen molar-refractivity contribution >= 4 is 467 Å². The van der Waals surface area contributed by atoms with Crippen LogP contribution in [0.15, 0.2) is 54.6 Å². The van der Waals surface area contributed by atoms with Crippen molar-refractivity contribution in [1.82, 2.24) is 0 Å². The van der Waals surface area contributed by atoms with Crippen LogP contribution in [-0.2, 0) is 6.42 Å². The summed E-state index contributed by atoms with van der Waals surface area (Å²) in [6.07, 6.45) is 24.8. The molecule has 0 amide bonds. The second-order valence-electron chi connectivity index (χ2n) is 35.0. The van der Waals surface area contributed by atoms with Crippen LogP contribution < -0.4 is 0 Å². The van der Waals surface area contributed by atoms with Gasteiger partial charge in [-0.25, -0.2) is 0 Å². The Labute approximate surface area is 576 Å². The van der Waals surface area contributed by atoms with Crippen LogP contribution in [0.1, 0.15) is 48.3 Å². The lowest BCUT2D eigenvalue weighted by Gasteiger charge is -2.59. The molecular weight excluding hydrogens is 942 g/mol. The monoisotopic (exact) mass is 1040 g/mol. The molecule has 0 saturated heterocycles. The summed E-state index contributed by atoms with van der Waals surface area (Å²) in [5.41, 5.74) is 4.46. The van der Waals surface area contributed by atoms with Crippen molar-refractivity contribution in [1.29, 1.82) is 0 Å². The first-order valence-corrected chi connectivity index (χ1v) is 37.8. The fourth-order valence-corrected chi connectivity index (χ4v) is 22.8. The topological polar surface area (TPSA) is 0 Å². The zero-order chi connectivity index (χ0) is 64.8. The normalized spacial score (nSPS) is 12.9. The maximum atomic E-state index is 2.77. The largest absolute Gasteiger partial charge is 0.0789 e. The minimum Gasteiger partial charge on any atom is -0.0789 e. The van der Waals surface area contributed by atoms with Gasteiger partial charge in [-0.15, -0.1) is 0 Å². The highest BCUT2D eigenvalue weighted by Crippen LogP contribution is 2.43. The number of hydrogen-bond acceptors (Lipinski definition) is 0. The Morgan fingerprint density at radius 1 is 0.282 bits per heavy atom. The zero-order valence-corrected chi connectivity index (χ0v) is 63.4. The summed E-state index contributed by atoms with van der Waals surface area (Å²) in [6.45, 7) is 0.619. The molecule has 0 N–H and O–H groups in total. The van der Waals surface area contributed by atoms with Crippen LogP contribution in [0.3, 0.4) is 0 Å². The quantitative estimate of drug-likeness (QED) is 0.0592. The molecule has 0 aromatic heterocycles. The van der Waals surface area contributed by atoms with Crippen molar-refractivity contribution in [3.05, 3.63) is 71.3 Å². The molecule has 1 fully saturated rings. The Kier molecular flexibility index (Phi) is 37.7. The maximum Gasteiger partial charge on any atom is 0.0594 e. The molecule has 0 unspecified atom stereocenters. The fourth-order valence-electron chi connectivity index (χ4n) is 22.8. The highest BCUT2D eigenvalue weighted by atomic mass is 14.2. The lowest BCUT2D eigenvalue weighted by Crippen LogP contribution is -2.97. The summed E-state index contributed by atoms with van der Waals surface area (Å²) in [4.78, 5) is 0. The molecule has 0 atom stereocenters. The molecular formula is C19H88B66. The van der Waals surface area contributed by atoms with E-state index in [0.717, 1.165) is 6.42 Å². The van der Waals surface area contributed by atoms with E-state index >= 15 is 0 Å². The molecule has 1 saturated carbocycles. The molecule has 2 aromatic rings. The van der Waals surface area contributed by atoms with Gasteiger partial charge in [0, 0.05) is 219 Å². The van der Waals surface area contributed by atoms with Gasteiger partial charge < -0.3 is 0 Å². The third-order valence-electron chi connectivity index (χ3n) is 25.0. The molecule has 1 aliphatic carbocycles. The highest BCUT2D eigenvalue weighted by Gasteiger charge is 2.65. The Bertz CT molecular complexity index is 2030. The summed E-state index contributed by atoms with van der Waals surface area (Å²) >= 11 is 0. The van der Waals surface area contributed by atoms with Gasteiger partial charge in [-0.2, -0.15) is 0 Å². The summed E-state index contributed by atoms with van der Waals surface area (Å²) < 4.78 is 0. The lowest BCUT2D eigenvalue weighted by atomic mass is 8.23. The summed E-state index contributed by atoms with van der Waals surface area (Å²) in [6, 6.07) is 21.3. The Morgan fingerprint density at radius 3 is 0.894 bits per heavy atom. The second kappa shape index (κ2) is 39.1. The predicted molar refractivity (Wildman–Crippen MR) is 554 cm³/mol. The average molecular weight is 1030 g/mol. The van der Waals surface area contributed by atoms with Crippen LogP contribution in [0.5, 0.6) is 0 Å². The third-order valence-corrected chi connectivity index (χ3v) is 25.0. The molecule has 0 bridgehead atoms. The number of rotatable bonds is 37. The van der Waals surface area contributed by atoms with E-state index in [9.17, 15) is 0 Å². The molecule has 0 radical (unpaired) electrons. The molecule has 85 heavy (non-hydrogen) atoms. The Morgan fingerprint density at radius 2 is 0.576 bits per heavy atom. The smallest absolute Gasteiger partial charge is 0.0594 e. The van der Waals surface area contributed by atoms with Crippen molar-refractivity contribution in [3.63, 3.8) is 0 Å². The molecule has 0 spiro atoms. The van der Waals surface area contributed by atoms with Crippen molar-refractivity contribution < 1.29 is 0 Å². The minimum atomic E-state index is 0.572. The third kappa shape index (κ3) is 21.9. The number of hydrogen-bond donors (Lipinski definition) is 0. The van der Waals surface area contributed by atoms with Crippen LogP contribution in [-0.4, -0.2) is 467 Å². The second-order valence-corrected chi connectivity index (χ2v) is 35.0. The molecule has 0 aliphatic heterocycles. The van der Waals surface area contributed by atoms with Crippen molar-refractivity contribution in [2.24, 2.45) is 0 Å². The standard InChI is InChI=1S/C19H88B66/c20-52-70(51)80(68(47)48)84(78(64(39)40)65(41)42)83(85(79(66(43)44)67(45)46)81(69(49)50)72(54-22)57(25)26)74(82(76(60(31)32)61(33)34)77(62(35)36)63(37)38)55(73(71(53-21)56(23)24)75(58(27)28)59(29)30)19-12-10-18(11-13-19)17-8-6-16(7-9-17)14-15-4-2-1-3-5-15/h1-9,18-19,52-54H,10-14,20-51H2. The molecule has 1 aliphatic rings. The van der Waals surface area contributed by atoms with Gasteiger partial charge in [0.15, 0.2) is 0 Å². The van der Waals surface area contributed by atoms with Gasteiger partial charge in [-0.05, 0) is 41.9 Å². The molecule has 0 nitrogen and oxygen atoms in total. The molecule has 0 heterocycles. The molecule has 362 valence electrons. The van der Waals surface area contributed by atoms with E-state index in [1.54, 1.807) is 5.56 Å². The van der Waals surface area contributed by atoms with Gasteiger partial charge in [0.1, 0.15) is 0 Å². The van der Waals surface area contributed by atoms with E-state index in [4.69, 9.17) is 0 Å². The van der Waals surface area contributed by atoms with Crippen LogP contribution in [0, 0.1) is 0 Å². The van der Waals surface area contributed by atoms with E-state index in [1.165, 1.54) is 58.0 Å².